The Bertz CT molecular complexity index is 785. The van der Waals surface area contributed by atoms with Crippen LogP contribution in [0, 0.1) is 11.3 Å². The number of fused-ring (bicyclic) bond motifs is 1. The first-order valence-electron chi connectivity index (χ1n) is 8.46. The van der Waals surface area contributed by atoms with Crippen LogP contribution in [0.4, 0.5) is 0 Å². The van der Waals surface area contributed by atoms with Gasteiger partial charge in [0.1, 0.15) is 17.4 Å². The van der Waals surface area contributed by atoms with E-state index < -0.39 is 23.5 Å². The van der Waals surface area contributed by atoms with Gasteiger partial charge in [0.2, 0.25) is 11.8 Å². The first-order chi connectivity index (χ1) is 12.2. The predicted octanol–water partition coefficient (Wildman–Crippen LogP) is -2.83. The Morgan fingerprint density at radius 2 is 1.85 bits per heavy atom. The van der Waals surface area contributed by atoms with Crippen molar-refractivity contribution < 1.29 is 53.8 Å². The van der Waals surface area contributed by atoms with Gasteiger partial charge in [0.05, 0.1) is 12.4 Å². The van der Waals surface area contributed by atoms with Crippen molar-refractivity contribution in [2.45, 2.75) is 33.4 Å². The van der Waals surface area contributed by atoms with Gasteiger partial charge in [-0.2, -0.15) is 0 Å². The predicted molar refractivity (Wildman–Crippen MR) is 89.9 cm³/mol. The van der Waals surface area contributed by atoms with E-state index >= 15 is 0 Å². The van der Waals surface area contributed by atoms with Crippen LogP contribution >= 0.6 is 0 Å². The van der Waals surface area contributed by atoms with E-state index in [0.29, 0.717) is 0 Å². The number of carboxylic acids is 1. The van der Waals surface area contributed by atoms with Crippen molar-refractivity contribution in [3.63, 3.8) is 0 Å². The third kappa shape index (κ3) is 4.20. The maximum atomic E-state index is 12.4. The smallest absolute Gasteiger partial charge is 0.543 e. The fraction of sp³-hybridized carbons (Fsp3) is 0.421. The number of nitrogens with one attached hydrogen (secondary N) is 1. The SMILES string of the molecule is CC(C)(C)C1=C(C(=O)[O-])N2C(=O)[C@H](CNC(=O)Cc3ccccc3)[C@H]2O1.[Na+]. The van der Waals surface area contributed by atoms with Crippen LogP contribution in [-0.2, 0) is 25.5 Å². The number of carbonyl (C=O) groups excluding carboxylic acids is 3. The molecule has 2 aliphatic rings. The van der Waals surface area contributed by atoms with E-state index in [1.165, 1.54) is 0 Å². The average Bonchev–Trinajstić information content (AvgIpc) is 2.92. The minimum atomic E-state index is -1.43. The number of allylic oxidation sites excluding steroid dienone is 1. The third-order valence-corrected chi connectivity index (χ3v) is 4.45. The molecule has 0 bridgehead atoms. The fourth-order valence-electron chi connectivity index (χ4n) is 3.16. The summed E-state index contributed by atoms with van der Waals surface area (Å²) < 4.78 is 5.74. The van der Waals surface area contributed by atoms with E-state index in [1.807, 2.05) is 30.3 Å². The number of rotatable bonds is 5. The summed E-state index contributed by atoms with van der Waals surface area (Å²) in [6.45, 7) is 5.51. The van der Waals surface area contributed by atoms with Gasteiger partial charge in [-0.05, 0) is 5.56 Å². The molecule has 0 spiro atoms. The van der Waals surface area contributed by atoms with Crippen molar-refractivity contribution in [3.8, 4) is 0 Å². The summed E-state index contributed by atoms with van der Waals surface area (Å²) in [5.41, 5.74) is 0.0904. The van der Waals surface area contributed by atoms with Crippen LogP contribution in [0.5, 0.6) is 0 Å². The van der Waals surface area contributed by atoms with Gasteiger partial charge in [0.15, 0.2) is 6.23 Å². The third-order valence-electron chi connectivity index (χ3n) is 4.45. The largest absolute Gasteiger partial charge is 1.00 e. The van der Waals surface area contributed by atoms with Gasteiger partial charge in [-0.25, -0.2) is 0 Å². The average molecular weight is 380 g/mol. The van der Waals surface area contributed by atoms with Crippen molar-refractivity contribution in [3.05, 3.63) is 47.4 Å². The standard InChI is InChI=1S/C19H22N2O5.Na/c1-19(2,3)15-14(18(24)25)21-16(23)12(17(21)26-15)10-20-13(22)9-11-7-5-4-6-8-11;/h4-8,12,17H,9-10H2,1-3H3,(H,20,22)(H,24,25);/q;+1/p-1/t12-,17+;/m0./s1. The second-order valence-corrected chi connectivity index (χ2v) is 7.50. The van der Waals surface area contributed by atoms with Crippen LogP contribution in [0.1, 0.15) is 26.3 Å². The van der Waals surface area contributed by atoms with Crippen LogP contribution < -0.4 is 40.0 Å². The number of β-lactam (4-membered cyclic amide) rings is 1. The Morgan fingerprint density at radius 3 is 2.41 bits per heavy atom. The zero-order valence-corrected chi connectivity index (χ0v) is 17.9. The molecule has 0 aromatic heterocycles. The number of nitrogens with zero attached hydrogens (tertiary/aromatic N) is 1. The summed E-state index contributed by atoms with van der Waals surface area (Å²) >= 11 is 0. The molecular formula is C19H21N2NaO5. The molecular weight excluding hydrogens is 359 g/mol. The zero-order valence-electron chi connectivity index (χ0n) is 15.9. The molecule has 27 heavy (non-hydrogen) atoms. The van der Waals surface area contributed by atoms with Crippen LogP contribution in [0.25, 0.3) is 0 Å². The molecule has 7 nitrogen and oxygen atoms in total. The number of carboxylic acid groups (broad SMARTS) is 1. The molecule has 1 saturated heterocycles. The summed E-state index contributed by atoms with van der Waals surface area (Å²) in [5.74, 6) is -2.40. The molecule has 1 aromatic rings. The van der Waals surface area contributed by atoms with Gasteiger partial charge in [-0.1, -0.05) is 51.1 Å². The first-order valence-corrected chi connectivity index (χ1v) is 8.46. The van der Waals surface area contributed by atoms with Crippen molar-refractivity contribution >= 4 is 17.8 Å². The molecule has 8 heteroatoms. The number of benzene rings is 1. The van der Waals surface area contributed by atoms with Gasteiger partial charge >= 0.3 is 29.6 Å². The van der Waals surface area contributed by atoms with E-state index in [4.69, 9.17) is 4.74 Å². The van der Waals surface area contributed by atoms with Crippen molar-refractivity contribution in [2.75, 3.05) is 6.54 Å². The van der Waals surface area contributed by atoms with Gasteiger partial charge in [0.25, 0.3) is 0 Å². The zero-order chi connectivity index (χ0) is 19.1. The molecule has 0 unspecified atom stereocenters. The number of aliphatic carboxylic acids is 1. The monoisotopic (exact) mass is 380 g/mol. The van der Waals surface area contributed by atoms with Gasteiger partial charge in [-0.3, -0.25) is 14.5 Å². The summed E-state index contributed by atoms with van der Waals surface area (Å²) in [4.78, 5) is 37.0. The second-order valence-electron chi connectivity index (χ2n) is 7.50. The van der Waals surface area contributed by atoms with E-state index in [2.05, 4.69) is 5.32 Å². The molecule has 2 aliphatic heterocycles. The van der Waals surface area contributed by atoms with Crippen molar-refractivity contribution in [1.29, 1.82) is 0 Å². The number of hydrogen-bond donors (Lipinski definition) is 1. The Hall–Kier alpha value is -1.83. The summed E-state index contributed by atoms with van der Waals surface area (Å²) in [5, 5.41) is 14.2. The second kappa shape index (κ2) is 8.04. The van der Waals surface area contributed by atoms with E-state index in [-0.39, 0.29) is 65.8 Å². The fourth-order valence-corrected chi connectivity index (χ4v) is 3.16. The molecule has 0 saturated carbocycles. The molecule has 2 atom stereocenters. The number of ether oxygens (including phenoxy) is 1. The van der Waals surface area contributed by atoms with Crippen LogP contribution in [0.15, 0.2) is 41.8 Å². The van der Waals surface area contributed by atoms with E-state index in [9.17, 15) is 19.5 Å². The van der Waals surface area contributed by atoms with Gasteiger partial charge in [-0.15, -0.1) is 0 Å². The molecule has 138 valence electrons. The molecule has 0 aliphatic carbocycles. The molecule has 3 rings (SSSR count). The summed E-state index contributed by atoms with van der Waals surface area (Å²) in [6, 6.07) is 9.27. The number of amides is 2. The minimum Gasteiger partial charge on any atom is -0.543 e. The normalized spacial score (nSPS) is 21.0. The summed E-state index contributed by atoms with van der Waals surface area (Å²) in [7, 11) is 0. The Balaban J connectivity index is 0.00000261. The summed E-state index contributed by atoms with van der Waals surface area (Å²) in [6.07, 6.45) is -0.492. The van der Waals surface area contributed by atoms with E-state index in [1.54, 1.807) is 20.8 Å². The Kier molecular flexibility index (Phi) is 6.39. The Labute approximate surface area is 180 Å². The van der Waals surface area contributed by atoms with Gasteiger partial charge < -0.3 is 20.0 Å². The molecule has 1 N–H and O–H groups in total. The number of hydrogen-bond acceptors (Lipinski definition) is 5. The van der Waals surface area contributed by atoms with E-state index in [0.717, 1.165) is 10.5 Å². The molecule has 2 heterocycles. The van der Waals surface area contributed by atoms with Crippen LogP contribution in [-0.4, -0.2) is 35.5 Å². The van der Waals surface area contributed by atoms with Crippen LogP contribution in [0.2, 0.25) is 0 Å². The molecule has 1 aromatic carbocycles. The first kappa shape index (κ1) is 21.5. The maximum absolute atomic E-state index is 12.4. The topological polar surface area (TPSA) is 98.8 Å². The quantitative estimate of drug-likeness (QED) is 0.439. The molecule has 1 fully saturated rings. The van der Waals surface area contributed by atoms with Crippen molar-refractivity contribution in [2.24, 2.45) is 11.3 Å². The molecule has 0 radical (unpaired) electrons. The Morgan fingerprint density at radius 1 is 1.22 bits per heavy atom. The van der Waals surface area contributed by atoms with Gasteiger partial charge in [0, 0.05) is 12.0 Å². The number of carbonyl (C=O) groups is 3. The van der Waals surface area contributed by atoms with Crippen LogP contribution in [0.3, 0.4) is 0 Å². The minimum absolute atomic E-state index is 0. The molecule has 2 amide bonds. The maximum Gasteiger partial charge on any atom is 1.00 e. The van der Waals surface area contributed by atoms with Crippen molar-refractivity contribution in [1.82, 2.24) is 10.2 Å².